The lowest BCUT2D eigenvalue weighted by atomic mass is 9.97. The van der Waals surface area contributed by atoms with E-state index in [1.165, 1.54) is 5.57 Å². The van der Waals surface area contributed by atoms with Crippen molar-refractivity contribution in [2.24, 2.45) is 5.92 Å². The van der Waals surface area contributed by atoms with Crippen molar-refractivity contribution in [3.05, 3.63) is 24.8 Å². The van der Waals surface area contributed by atoms with Gasteiger partial charge in [-0.05, 0) is 33.1 Å². The van der Waals surface area contributed by atoms with Gasteiger partial charge in [-0.15, -0.1) is 13.2 Å². The SMILES string of the molecule is C=C.CC(C)C1=CCN(C(=O)OC(C)(C)C)CC1. The summed E-state index contributed by atoms with van der Waals surface area (Å²) < 4.78 is 5.33. The molecular formula is C15H27NO2. The van der Waals surface area contributed by atoms with E-state index in [4.69, 9.17) is 4.74 Å². The van der Waals surface area contributed by atoms with Crippen molar-refractivity contribution in [1.29, 1.82) is 0 Å². The quantitative estimate of drug-likeness (QED) is 0.661. The molecule has 0 radical (unpaired) electrons. The largest absolute Gasteiger partial charge is 0.444 e. The van der Waals surface area contributed by atoms with Gasteiger partial charge in [0.25, 0.3) is 0 Å². The molecule has 0 aromatic rings. The van der Waals surface area contributed by atoms with Crippen LogP contribution >= 0.6 is 0 Å². The number of carbonyl (C=O) groups excluding carboxylic acids is 1. The number of ether oxygens (including phenoxy) is 1. The molecule has 0 bridgehead atoms. The van der Waals surface area contributed by atoms with Crippen LogP contribution in [0.5, 0.6) is 0 Å². The fourth-order valence-electron chi connectivity index (χ4n) is 1.70. The molecule has 0 atom stereocenters. The van der Waals surface area contributed by atoms with Crippen LogP contribution in [0, 0.1) is 5.92 Å². The molecule has 0 aliphatic carbocycles. The molecule has 1 heterocycles. The van der Waals surface area contributed by atoms with Gasteiger partial charge in [0.15, 0.2) is 0 Å². The molecule has 0 unspecified atom stereocenters. The molecule has 0 fully saturated rings. The van der Waals surface area contributed by atoms with Gasteiger partial charge < -0.3 is 9.64 Å². The van der Waals surface area contributed by atoms with Crippen LogP contribution in [0.2, 0.25) is 0 Å². The molecule has 3 heteroatoms. The average Bonchev–Trinajstić information content (AvgIpc) is 2.29. The lowest BCUT2D eigenvalue weighted by molar-refractivity contribution is 0.0264. The zero-order valence-electron chi connectivity index (χ0n) is 12.5. The van der Waals surface area contributed by atoms with Gasteiger partial charge in [-0.1, -0.05) is 25.5 Å². The Morgan fingerprint density at radius 1 is 1.39 bits per heavy atom. The molecule has 0 aromatic carbocycles. The van der Waals surface area contributed by atoms with Gasteiger partial charge in [0.1, 0.15) is 5.60 Å². The van der Waals surface area contributed by atoms with Gasteiger partial charge in [0.2, 0.25) is 0 Å². The van der Waals surface area contributed by atoms with E-state index in [9.17, 15) is 4.79 Å². The first-order valence-electron chi connectivity index (χ1n) is 6.46. The summed E-state index contributed by atoms with van der Waals surface area (Å²) >= 11 is 0. The second-order valence-electron chi connectivity index (χ2n) is 5.61. The van der Waals surface area contributed by atoms with Gasteiger partial charge in [-0.25, -0.2) is 4.79 Å². The first-order chi connectivity index (χ1) is 8.29. The normalized spacial score (nSPS) is 15.7. The van der Waals surface area contributed by atoms with E-state index in [2.05, 4.69) is 33.1 Å². The number of hydrogen-bond donors (Lipinski definition) is 0. The standard InChI is InChI=1S/C13H23NO2.C2H4/c1-10(2)11-6-8-14(9-7-11)12(15)16-13(3,4)5;1-2/h6,10H,7-9H2,1-5H3;1-2H2. The Morgan fingerprint density at radius 3 is 2.28 bits per heavy atom. The first-order valence-corrected chi connectivity index (χ1v) is 6.46. The van der Waals surface area contributed by atoms with Crippen LogP contribution in [0.15, 0.2) is 24.8 Å². The summed E-state index contributed by atoms with van der Waals surface area (Å²) in [5.41, 5.74) is 1.04. The summed E-state index contributed by atoms with van der Waals surface area (Å²) in [6.07, 6.45) is 2.92. The summed E-state index contributed by atoms with van der Waals surface area (Å²) in [5, 5.41) is 0. The summed E-state index contributed by atoms with van der Waals surface area (Å²) in [7, 11) is 0. The fourth-order valence-corrected chi connectivity index (χ4v) is 1.70. The average molecular weight is 253 g/mol. The highest BCUT2D eigenvalue weighted by atomic mass is 16.6. The third-order valence-corrected chi connectivity index (χ3v) is 2.64. The molecular weight excluding hydrogens is 226 g/mol. The van der Waals surface area contributed by atoms with Gasteiger partial charge >= 0.3 is 6.09 Å². The molecule has 1 amide bonds. The van der Waals surface area contributed by atoms with Crippen molar-refractivity contribution >= 4 is 6.09 Å². The zero-order chi connectivity index (χ0) is 14.3. The van der Waals surface area contributed by atoms with Gasteiger partial charge in [-0.3, -0.25) is 0 Å². The summed E-state index contributed by atoms with van der Waals surface area (Å²) in [4.78, 5) is 13.5. The minimum atomic E-state index is -0.404. The highest BCUT2D eigenvalue weighted by Gasteiger charge is 2.23. The predicted molar refractivity (Wildman–Crippen MR) is 76.6 cm³/mol. The number of hydrogen-bond acceptors (Lipinski definition) is 2. The maximum Gasteiger partial charge on any atom is 0.410 e. The Balaban J connectivity index is 0.00000137. The predicted octanol–water partition coefficient (Wildman–Crippen LogP) is 4.01. The van der Waals surface area contributed by atoms with Crippen LogP contribution in [0.1, 0.15) is 41.0 Å². The van der Waals surface area contributed by atoms with E-state index >= 15 is 0 Å². The Hall–Kier alpha value is -1.25. The van der Waals surface area contributed by atoms with E-state index in [0.717, 1.165) is 13.0 Å². The number of carbonyl (C=O) groups is 1. The Labute approximate surface area is 112 Å². The summed E-state index contributed by atoms with van der Waals surface area (Å²) in [6.45, 7) is 17.5. The molecule has 0 N–H and O–H groups in total. The van der Waals surface area contributed by atoms with Crippen molar-refractivity contribution in [3.8, 4) is 0 Å². The maximum absolute atomic E-state index is 11.8. The number of nitrogens with zero attached hydrogens (tertiary/aromatic N) is 1. The minimum absolute atomic E-state index is 0.202. The van der Waals surface area contributed by atoms with E-state index in [1.54, 1.807) is 4.90 Å². The molecule has 0 saturated carbocycles. The van der Waals surface area contributed by atoms with E-state index in [-0.39, 0.29) is 6.09 Å². The van der Waals surface area contributed by atoms with Crippen molar-refractivity contribution < 1.29 is 9.53 Å². The molecule has 104 valence electrons. The van der Waals surface area contributed by atoms with Crippen LogP contribution in [0.4, 0.5) is 4.79 Å². The zero-order valence-corrected chi connectivity index (χ0v) is 12.5. The fraction of sp³-hybridized carbons (Fsp3) is 0.667. The Morgan fingerprint density at radius 2 is 1.94 bits per heavy atom. The lowest BCUT2D eigenvalue weighted by Gasteiger charge is -2.30. The van der Waals surface area contributed by atoms with E-state index in [1.807, 2.05) is 20.8 Å². The first kappa shape index (κ1) is 16.8. The molecule has 0 saturated heterocycles. The third-order valence-electron chi connectivity index (χ3n) is 2.64. The van der Waals surface area contributed by atoms with Crippen LogP contribution in [0.25, 0.3) is 0 Å². The number of rotatable bonds is 1. The van der Waals surface area contributed by atoms with Crippen molar-refractivity contribution in [2.45, 2.75) is 46.6 Å². The summed E-state index contributed by atoms with van der Waals surface area (Å²) in [6, 6.07) is 0. The van der Waals surface area contributed by atoms with Crippen molar-refractivity contribution in [2.75, 3.05) is 13.1 Å². The number of amides is 1. The summed E-state index contributed by atoms with van der Waals surface area (Å²) in [5.74, 6) is 0.584. The third kappa shape index (κ3) is 5.89. The Bertz CT molecular complexity index is 300. The smallest absolute Gasteiger partial charge is 0.410 e. The van der Waals surface area contributed by atoms with Crippen molar-refractivity contribution in [1.82, 2.24) is 4.90 Å². The highest BCUT2D eigenvalue weighted by molar-refractivity contribution is 5.68. The second-order valence-corrected chi connectivity index (χ2v) is 5.61. The topological polar surface area (TPSA) is 29.5 Å². The van der Waals surface area contributed by atoms with Crippen LogP contribution in [-0.2, 0) is 4.74 Å². The molecule has 18 heavy (non-hydrogen) atoms. The van der Waals surface area contributed by atoms with E-state index < -0.39 is 5.60 Å². The van der Waals surface area contributed by atoms with Crippen molar-refractivity contribution in [3.63, 3.8) is 0 Å². The molecule has 1 rings (SSSR count). The van der Waals surface area contributed by atoms with Gasteiger partial charge in [-0.2, -0.15) is 0 Å². The van der Waals surface area contributed by atoms with Crippen LogP contribution < -0.4 is 0 Å². The molecule has 3 nitrogen and oxygen atoms in total. The van der Waals surface area contributed by atoms with Crippen LogP contribution in [0.3, 0.4) is 0 Å². The van der Waals surface area contributed by atoms with Gasteiger partial charge in [0.05, 0.1) is 0 Å². The second kappa shape index (κ2) is 7.24. The van der Waals surface area contributed by atoms with Gasteiger partial charge in [0, 0.05) is 13.1 Å². The lowest BCUT2D eigenvalue weighted by Crippen LogP contribution is -2.39. The monoisotopic (exact) mass is 253 g/mol. The van der Waals surface area contributed by atoms with E-state index in [0.29, 0.717) is 12.5 Å². The Kier molecular flexibility index (Phi) is 6.74. The molecule has 1 aliphatic rings. The highest BCUT2D eigenvalue weighted by Crippen LogP contribution is 2.20. The van der Waals surface area contributed by atoms with Crippen LogP contribution in [-0.4, -0.2) is 29.7 Å². The minimum Gasteiger partial charge on any atom is -0.444 e. The maximum atomic E-state index is 11.8. The molecule has 0 spiro atoms. The molecule has 1 aliphatic heterocycles. The molecule has 0 aromatic heterocycles.